The number of benzene rings is 2. The normalized spacial score (nSPS) is 13.9. The molecule has 27 heavy (non-hydrogen) atoms. The van der Waals surface area contributed by atoms with Gasteiger partial charge < -0.3 is 15.2 Å². The van der Waals surface area contributed by atoms with Gasteiger partial charge in [0, 0.05) is 19.1 Å². The molecule has 1 amide bonds. The molecule has 4 heteroatoms. The van der Waals surface area contributed by atoms with Gasteiger partial charge in [-0.15, -0.1) is 0 Å². The number of hydrogen-bond acceptors (Lipinski definition) is 3. The SMILES string of the molecule is CC(C)CC(CCO)CNC(=O)OCC1c2ccccc2-c2ccccc21. The molecule has 0 bridgehead atoms. The fourth-order valence-electron chi connectivity index (χ4n) is 4.03. The Bertz CT molecular complexity index is 726. The highest BCUT2D eigenvalue weighted by Crippen LogP contribution is 2.44. The lowest BCUT2D eigenvalue weighted by Gasteiger charge is -2.19. The number of alkyl carbamates (subject to hydrolysis) is 1. The Kier molecular flexibility index (Phi) is 6.51. The molecule has 1 unspecified atom stereocenters. The van der Waals surface area contributed by atoms with Crippen molar-refractivity contribution in [2.75, 3.05) is 19.8 Å². The second-order valence-electron chi connectivity index (χ2n) is 7.71. The van der Waals surface area contributed by atoms with Crippen molar-refractivity contribution in [2.45, 2.75) is 32.6 Å². The molecule has 0 fully saturated rings. The molecule has 4 nitrogen and oxygen atoms in total. The Morgan fingerprint density at radius 2 is 1.67 bits per heavy atom. The van der Waals surface area contributed by atoms with Gasteiger partial charge in [0.1, 0.15) is 6.61 Å². The molecule has 0 saturated carbocycles. The quantitative estimate of drug-likeness (QED) is 0.718. The number of nitrogens with one attached hydrogen (secondary N) is 1. The number of carbonyl (C=O) groups excluding carboxylic acids is 1. The smallest absolute Gasteiger partial charge is 0.407 e. The number of ether oxygens (including phenoxy) is 1. The minimum Gasteiger partial charge on any atom is -0.449 e. The number of amides is 1. The first kappa shape index (κ1) is 19.4. The maximum absolute atomic E-state index is 12.2. The van der Waals surface area contributed by atoms with Crippen molar-refractivity contribution < 1.29 is 14.6 Å². The number of hydrogen-bond donors (Lipinski definition) is 2. The van der Waals surface area contributed by atoms with Crippen molar-refractivity contribution in [2.24, 2.45) is 11.8 Å². The van der Waals surface area contributed by atoms with E-state index < -0.39 is 0 Å². The summed E-state index contributed by atoms with van der Waals surface area (Å²) >= 11 is 0. The maximum Gasteiger partial charge on any atom is 0.407 e. The van der Waals surface area contributed by atoms with Crippen LogP contribution >= 0.6 is 0 Å². The highest BCUT2D eigenvalue weighted by molar-refractivity contribution is 5.79. The summed E-state index contributed by atoms with van der Waals surface area (Å²) in [4.78, 5) is 12.2. The van der Waals surface area contributed by atoms with E-state index in [1.165, 1.54) is 22.3 Å². The lowest BCUT2D eigenvalue weighted by atomic mass is 9.94. The highest BCUT2D eigenvalue weighted by atomic mass is 16.5. The number of aliphatic hydroxyl groups excluding tert-OH is 1. The fourth-order valence-corrected chi connectivity index (χ4v) is 4.03. The largest absolute Gasteiger partial charge is 0.449 e. The minimum atomic E-state index is -0.386. The van der Waals surface area contributed by atoms with Gasteiger partial charge in [0.25, 0.3) is 0 Å². The van der Waals surface area contributed by atoms with Gasteiger partial charge in [-0.2, -0.15) is 0 Å². The molecule has 0 heterocycles. The van der Waals surface area contributed by atoms with E-state index in [0.717, 1.165) is 6.42 Å². The summed E-state index contributed by atoms with van der Waals surface area (Å²) in [6.07, 6.45) is 1.29. The zero-order valence-corrected chi connectivity index (χ0v) is 16.2. The van der Waals surface area contributed by atoms with Crippen LogP contribution in [0.5, 0.6) is 0 Å². The second-order valence-corrected chi connectivity index (χ2v) is 7.71. The molecular weight excluding hydrogens is 338 g/mol. The third-order valence-electron chi connectivity index (χ3n) is 5.22. The summed E-state index contributed by atoms with van der Waals surface area (Å²) in [5, 5.41) is 12.1. The van der Waals surface area contributed by atoms with Crippen LogP contribution in [-0.2, 0) is 4.74 Å². The number of fused-ring (bicyclic) bond motifs is 3. The zero-order chi connectivity index (χ0) is 19.2. The van der Waals surface area contributed by atoms with Crippen LogP contribution in [0.1, 0.15) is 43.7 Å². The molecule has 2 aromatic carbocycles. The molecule has 0 saturated heterocycles. The number of carbonyl (C=O) groups is 1. The van der Waals surface area contributed by atoms with Crippen LogP contribution in [0.15, 0.2) is 48.5 Å². The van der Waals surface area contributed by atoms with E-state index in [1.807, 2.05) is 24.3 Å². The van der Waals surface area contributed by atoms with Crippen molar-refractivity contribution in [3.05, 3.63) is 59.7 Å². The average molecular weight is 367 g/mol. The van der Waals surface area contributed by atoms with Crippen LogP contribution < -0.4 is 5.32 Å². The number of rotatable bonds is 8. The Morgan fingerprint density at radius 1 is 1.07 bits per heavy atom. The summed E-state index contributed by atoms with van der Waals surface area (Å²) in [5.41, 5.74) is 4.87. The van der Waals surface area contributed by atoms with Gasteiger partial charge in [0.15, 0.2) is 0 Å². The molecule has 0 radical (unpaired) electrons. The Labute approximate surface area is 161 Å². The summed E-state index contributed by atoms with van der Waals surface area (Å²) in [5.74, 6) is 0.883. The van der Waals surface area contributed by atoms with E-state index in [9.17, 15) is 9.90 Å². The van der Waals surface area contributed by atoms with Gasteiger partial charge in [-0.25, -0.2) is 4.79 Å². The molecule has 1 atom stereocenters. The lowest BCUT2D eigenvalue weighted by molar-refractivity contribution is 0.139. The van der Waals surface area contributed by atoms with E-state index in [0.29, 0.717) is 25.5 Å². The van der Waals surface area contributed by atoms with Crippen molar-refractivity contribution in [3.63, 3.8) is 0 Å². The van der Waals surface area contributed by atoms with E-state index in [2.05, 4.69) is 43.4 Å². The van der Waals surface area contributed by atoms with Crippen LogP contribution in [0.3, 0.4) is 0 Å². The molecule has 3 rings (SSSR count). The van der Waals surface area contributed by atoms with Gasteiger partial charge in [-0.1, -0.05) is 62.4 Å². The third kappa shape index (κ3) is 4.69. The summed E-state index contributed by atoms with van der Waals surface area (Å²) in [6.45, 7) is 5.31. The van der Waals surface area contributed by atoms with Crippen LogP contribution in [0, 0.1) is 11.8 Å². The van der Waals surface area contributed by atoms with Crippen molar-refractivity contribution >= 4 is 6.09 Å². The molecule has 1 aliphatic rings. The van der Waals surface area contributed by atoms with Crippen molar-refractivity contribution in [1.29, 1.82) is 0 Å². The molecule has 0 aromatic heterocycles. The first-order chi connectivity index (χ1) is 13.1. The maximum atomic E-state index is 12.2. The molecule has 2 aromatic rings. The van der Waals surface area contributed by atoms with Crippen LogP contribution in [0.4, 0.5) is 4.79 Å². The third-order valence-corrected chi connectivity index (χ3v) is 5.22. The van der Waals surface area contributed by atoms with Crippen LogP contribution in [0.2, 0.25) is 0 Å². The van der Waals surface area contributed by atoms with Gasteiger partial charge in [0.2, 0.25) is 0 Å². The zero-order valence-electron chi connectivity index (χ0n) is 16.2. The average Bonchev–Trinajstić information content (AvgIpc) is 2.98. The molecule has 0 aliphatic heterocycles. The predicted molar refractivity (Wildman–Crippen MR) is 108 cm³/mol. The lowest BCUT2D eigenvalue weighted by Crippen LogP contribution is -2.31. The monoisotopic (exact) mass is 367 g/mol. The van der Waals surface area contributed by atoms with Gasteiger partial charge in [-0.3, -0.25) is 0 Å². The summed E-state index contributed by atoms with van der Waals surface area (Å²) in [7, 11) is 0. The minimum absolute atomic E-state index is 0.0760. The van der Waals surface area contributed by atoms with Gasteiger partial charge in [0.05, 0.1) is 0 Å². The number of aliphatic hydroxyl groups is 1. The fraction of sp³-hybridized carbons (Fsp3) is 0.435. The molecule has 2 N–H and O–H groups in total. The standard InChI is InChI=1S/C23H29NO3/c1-16(2)13-17(11-12-25)14-24-23(26)27-15-22-20-9-5-3-7-18(20)19-8-4-6-10-21(19)22/h3-10,16-17,22,25H,11-15H2,1-2H3,(H,24,26). The van der Waals surface area contributed by atoms with E-state index in [4.69, 9.17) is 4.74 Å². The predicted octanol–water partition coefficient (Wildman–Crippen LogP) is 4.57. The van der Waals surface area contributed by atoms with Crippen molar-refractivity contribution in [1.82, 2.24) is 5.32 Å². The van der Waals surface area contributed by atoms with Crippen molar-refractivity contribution in [3.8, 4) is 11.1 Å². The first-order valence-electron chi connectivity index (χ1n) is 9.79. The van der Waals surface area contributed by atoms with E-state index >= 15 is 0 Å². The summed E-state index contributed by atoms with van der Waals surface area (Å²) in [6, 6.07) is 16.6. The Balaban J connectivity index is 1.59. The van der Waals surface area contributed by atoms with Crippen LogP contribution in [-0.4, -0.2) is 31.0 Å². The molecular formula is C23H29NO3. The highest BCUT2D eigenvalue weighted by Gasteiger charge is 2.29. The van der Waals surface area contributed by atoms with Gasteiger partial charge in [-0.05, 0) is 46.9 Å². The Morgan fingerprint density at radius 3 is 2.22 bits per heavy atom. The molecule has 0 spiro atoms. The second kappa shape index (κ2) is 9.05. The summed E-state index contributed by atoms with van der Waals surface area (Å²) < 4.78 is 5.56. The van der Waals surface area contributed by atoms with Crippen LogP contribution in [0.25, 0.3) is 11.1 Å². The van der Waals surface area contributed by atoms with E-state index in [-0.39, 0.29) is 24.5 Å². The molecule has 144 valence electrons. The van der Waals surface area contributed by atoms with E-state index in [1.54, 1.807) is 0 Å². The first-order valence-corrected chi connectivity index (χ1v) is 9.79. The molecule has 1 aliphatic carbocycles. The Hall–Kier alpha value is -2.33. The van der Waals surface area contributed by atoms with Gasteiger partial charge >= 0.3 is 6.09 Å². The topological polar surface area (TPSA) is 58.6 Å².